The Morgan fingerprint density at radius 2 is 0.970 bits per heavy atom. The average Bonchev–Trinajstić information content (AvgIpc) is 2.78. The molecular weight excluding hydrogens is 414 g/mol. The normalized spacial score (nSPS) is 11.5. The number of amides is 2. The number of nitrogens with one attached hydrogen (secondary N) is 2. The van der Waals surface area contributed by atoms with E-state index in [1.165, 1.54) is 64.2 Å². The minimum absolute atomic E-state index is 0.106. The molecule has 33 heavy (non-hydrogen) atoms. The van der Waals surface area contributed by atoms with Crippen LogP contribution in [0.3, 0.4) is 0 Å². The monoisotopic (exact) mass is 470 g/mol. The summed E-state index contributed by atoms with van der Waals surface area (Å²) in [6, 6.07) is 0. The number of likely N-dealkylation sites (N-methyl/N-ethyl adjacent to an activating group) is 1. The zero-order chi connectivity index (χ0) is 24.6. The molecule has 0 aromatic heterocycles. The number of nitrogens with zero attached hydrogens (tertiary/aromatic N) is 1. The van der Waals surface area contributed by atoms with Crippen LogP contribution in [0.4, 0.5) is 0 Å². The van der Waals surface area contributed by atoms with E-state index >= 15 is 0 Å². The van der Waals surface area contributed by atoms with Crippen LogP contribution in [0.1, 0.15) is 117 Å². The molecule has 0 atom stereocenters. The molecule has 196 valence electrons. The molecule has 0 radical (unpaired) electrons. The summed E-state index contributed by atoms with van der Waals surface area (Å²) in [6.07, 6.45) is 18.2. The molecule has 0 rings (SSSR count). The van der Waals surface area contributed by atoms with Crippen LogP contribution in [0, 0.1) is 0 Å². The molecule has 6 nitrogen and oxygen atoms in total. The molecule has 0 heterocycles. The molecule has 0 spiro atoms. The molecule has 0 saturated carbocycles. The number of hydrogen-bond acceptors (Lipinski definition) is 3. The van der Waals surface area contributed by atoms with Crippen LogP contribution in [0.5, 0.6) is 0 Å². The van der Waals surface area contributed by atoms with E-state index in [0.717, 1.165) is 38.8 Å². The van der Waals surface area contributed by atoms with Crippen molar-refractivity contribution in [2.75, 3.05) is 46.4 Å². The van der Waals surface area contributed by atoms with Crippen molar-refractivity contribution in [2.45, 2.75) is 117 Å². The van der Waals surface area contributed by atoms with E-state index in [2.05, 4.69) is 31.5 Å². The summed E-state index contributed by atoms with van der Waals surface area (Å²) in [5, 5.41) is 15.5. The van der Waals surface area contributed by atoms with Crippen molar-refractivity contribution in [2.24, 2.45) is 0 Å². The van der Waals surface area contributed by atoms with E-state index in [1.807, 2.05) is 0 Å². The fraction of sp³-hybridized carbons (Fsp3) is 0.926. The van der Waals surface area contributed by atoms with Crippen molar-refractivity contribution in [1.29, 1.82) is 0 Å². The predicted molar refractivity (Wildman–Crippen MR) is 139 cm³/mol. The molecule has 3 N–H and O–H groups in total. The van der Waals surface area contributed by atoms with Crippen LogP contribution in [0.25, 0.3) is 0 Å². The van der Waals surface area contributed by atoms with Gasteiger partial charge in [0.1, 0.15) is 6.54 Å². The van der Waals surface area contributed by atoms with Crippen LogP contribution in [0.2, 0.25) is 0 Å². The van der Waals surface area contributed by atoms with Crippen molar-refractivity contribution < 1.29 is 19.2 Å². The zero-order valence-corrected chi connectivity index (χ0v) is 22.3. The molecule has 0 aromatic carbocycles. The van der Waals surface area contributed by atoms with E-state index in [9.17, 15) is 14.7 Å². The summed E-state index contributed by atoms with van der Waals surface area (Å²) in [5.74, 6) is 0.254. The SMILES string of the molecule is CCCCCCCCCC(=O)NCC[N+](C)(CCO)CCNC(=O)CCCCCCCCC. The summed E-state index contributed by atoms with van der Waals surface area (Å²) in [5.41, 5.74) is 0. The molecular formula is C27H56N3O3+. The van der Waals surface area contributed by atoms with Gasteiger partial charge >= 0.3 is 0 Å². The highest BCUT2D eigenvalue weighted by Crippen LogP contribution is 2.09. The minimum Gasteiger partial charge on any atom is -0.391 e. The number of unbranched alkanes of at least 4 members (excludes halogenated alkanes) is 12. The summed E-state index contributed by atoms with van der Waals surface area (Å²) in [4.78, 5) is 24.2. The standard InChI is InChI=1S/C27H55N3O3/c1-4-6-8-10-12-14-16-18-26(32)28-20-22-30(3,24-25-31)23-21-29-27(33)19-17-15-13-11-9-7-5-2/h31H,4-25H2,1-3H3,(H-,28,29,32,33)/p+1. The highest BCUT2D eigenvalue weighted by Gasteiger charge is 2.21. The Morgan fingerprint density at radius 1 is 0.606 bits per heavy atom. The predicted octanol–water partition coefficient (Wildman–Crippen LogP) is 4.94. The molecule has 6 heteroatoms. The van der Waals surface area contributed by atoms with Crippen LogP contribution < -0.4 is 10.6 Å². The summed E-state index contributed by atoms with van der Waals surface area (Å²) in [7, 11) is 2.08. The topological polar surface area (TPSA) is 78.4 Å². The number of quaternary nitrogens is 1. The van der Waals surface area contributed by atoms with Crippen LogP contribution >= 0.6 is 0 Å². The maximum absolute atomic E-state index is 12.1. The largest absolute Gasteiger partial charge is 0.391 e. The molecule has 0 aliphatic carbocycles. The third-order valence-corrected chi connectivity index (χ3v) is 6.60. The lowest BCUT2D eigenvalue weighted by Crippen LogP contribution is -2.53. The van der Waals surface area contributed by atoms with Gasteiger partial charge in [-0.1, -0.05) is 90.9 Å². The minimum atomic E-state index is 0.106. The number of rotatable bonds is 24. The van der Waals surface area contributed by atoms with Gasteiger partial charge in [0.05, 0.1) is 39.8 Å². The van der Waals surface area contributed by atoms with Crippen LogP contribution in [0.15, 0.2) is 0 Å². The van der Waals surface area contributed by atoms with Gasteiger partial charge in [0.15, 0.2) is 0 Å². The highest BCUT2D eigenvalue weighted by atomic mass is 16.3. The molecule has 0 saturated heterocycles. The van der Waals surface area contributed by atoms with Gasteiger partial charge < -0.3 is 20.2 Å². The van der Waals surface area contributed by atoms with E-state index in [-0.39, 0.29) is 18.4 Å². The third kappa shape index (κ3) is 21.2. The molecule has 0 fully saturated rings. The number of carbonyl (C=O) groups is 2. The zero-order valence-electron chi connectivity index (χ0n) is 22.3. The van der Waals surface area contributed by atoms with Crippen LogP contribution in [-0.2, 0) is 9.59 Å². The van der Waals surface area contributed by atoms with Crippen molar-refractivity contribution in [1.82, 2.24) is 10.6 Å². The first-order chi connectivity index (χ1) is 16.0. The van der Waals surface area contributed by atoms with Crippen molar-refractivity contribution >= 4 is 11.8 Å². The van der Waals surface area contributed by atoms with Gasteiger partial charge in [-0.15, -0.1) is 0 Å². The second-order valence-electron chi connectivity index (χ2n) is 9.96. The maximum Gasteiger partial charge on any atom is 0.220 e. The Morgan fingerprint density at radius 3 is 1.33 bits per heavy atom. The lowest BCUT2D eigenvalue weighted by Gasteiger charge is -2.34. The second-order valence-corrected chi connectivity index (χ2v) is 9.96. The molecule has 0 unspecified atom stereocenters. The second kappa shape index (κ2) is 22.6. The van der Waals surface area contributed by atoms with Gasteiger partial charge in [-0.3, -0.25) is 9.59 Å². The van der Waals surface area contributed by atoms with Gasteiger partial charge in [-0.25, -0.2) is 0 Å². The molecule has 0 aliphatic rings. The molecule has 2 amide bonds. The van der Waals surface area contributed by atoms with Gasteiger partial charge in [0.2, 0.25) is 11.8 Å². The summed E-state index contributed by atoms with van der Waals surface area (Å²) in [6.45, 7) is 7.92. The van der Waals surface area contributed by atoms with Gasteiger partial charge in [0.25, 0.3) is 0 Å². The van der Waals surface area contributed by atoms with Crippen molar-refractivity contribution in [3.8, 4) is 0 Å². The van der Waals surface area contributed by atoms with E-state index in [0.29, 0.717) is 37.0 Å². The van der Waals surface area contributed by atoms with Gasteiger partial charge in [-0.05, 0) is 12.8 Å². The quantitative estimate of drug-likeness (QED) is 0.138. The van der Waals surface area contributed by atoms with Crippen molar-refractivity contribution in [3.63, 3.8) is 0 Å². The van der Waals surface area contributed by atoms with Crippen molar-refractivity contribution in [3.05, 3.63) is 0 Å². The van der Waals surface area contributed by atoms with Gasteiger partial charge in [-0.2, -0.15) is 0 Å². The average molecular weight is 471 g/mol. The maximum atomic E-state index is 12.1. The van der Waals surface area contributed by atoms with Crippen LogP contribution in [-0.4, -0.2) is 67.8 Å². The smallest absolute Gasteiger partial charge is 0.220 e. The summed E-state index contributed by atoms with van der Waals surface area (Å²) >= 11 is 0. The molecule has 0 aliphatic heterocycles. The Kier molecular flexibility index (Phi) is 21.9. The van der Waals surface area contributed by atoms with E-state index < -0.39 is 0 Å². The Hall–Kier alpha value is -1.14. The lowest BCUT2D eigenvalue weighted by molar-refractivity contribution is -0.907. The Balaban J connectivity index is 3.90. The number of aliphatic hydroxyl groups excluding tert-OH is 1. The molecule has 0 aromatic rings. The van der Waals surface area contributed by atoms with Gasteiger partial charge in [0, 0.05) is 12.8 Å². The Labute approximate surface area is 204 Å². The number of carbonyl (C=O) groups excluding carboxylic acids is 2. The lowest BCUT2D eigenvalue weighted by atomic mass is 10.1. The number of hydrogen-bond donors (Lipinski definition) is 3. The number of aliphatic hydroxyl groups is 1. The highest BCUT2D eigenvalue weighted by molar-refractivity contribution is 5.76. The first-order valence-electron chi connectivity index (χ1n) is 13.9. The third-order valence-electron chi connectivity index (χ3n) is 6.60. The first kappa shape index (κ1) is 31.9. The molecule has 0 bridgehead atoms. The van der Waals surface area contributed by atoms with E-state index in [4.69, 9.17) is 0 Å². The fourth-order valence-electron chi connectivity index (χ4n) is 4.17. The summed E-state index contributed by atoms with van der Waals surface area (Å²) < 4.78 is 0.645. The first-order valence-corrected chi connectivity index (χ1v) is 13.9. The fourth-order valence-corrected chi connectivity index (χ4v) is 4.17. The Bertz CT molecular complexity index is 436. The van der Waals surface area contributed by atoms with E-state index in [1.54, 1.807) is 0 Å².